The number of rotatable bonds is 7. The Hall–Kier alpha value is -1.87. The molecule has 21 heavy (non-hydrogen) atoms. The van der Waals surface area contributed by atoms with Crippen LogP contribution in [-0.4, -0.2) is 13.2 Å². The second-order valence-corrected chi connectivity index (χ2v) is 4.91. The van der Waals surface area contributed by atoms with E-state index in [1.807, 2.05) is 37.3 Å². The fourth-order valence-corrected chi connectivity index (χ4v) is 2.32. The Bertz CT molecular complexity index is 583. The predicted octanol–water partition coefficient (Wildman–Crippen LogP) is 4.39. The van der Waals surface area contributed by atoms with Gasteiger partial charge in [0.15, 0.2) is 0 Å². The molecule has 2 aromatic rings. The molecule has 0 unspecified atom stereocenters. The monoisotopic (exact) mass is 287 g/mol. The normalized spacial score (nSPS) is 10.6. The predicted molar refractivity (Wildman–Crippen MR) is 85.0 cm³/mol. The van der Waals surface area contributed by atoms with Gasteiger partial charge in [0.1, 0.15) is 11.6 Å². The highest BCUT2D eigenvalue weighted by molar-refractivity contribution is 5.73. The number of hydrogen-bond acceptors (Lipinski definition) is 2. The van der Waals surface area contributed by atoms with E-state index in [4.69, 9.17) is 4.74 Å². The van der Waals surface area contributed by atoms with Crippen LogP contribution >= 0.6 is 0 Å². The third-order valence-corrected chi connectivity index (χ3v) is 3.29. The number of halogens is 1. The molecule has 1 N–H and O–H groups in total. The van der Waals surface area contributed by atoms with Gasteiger partial charge in [-0.05, 0) is 49.2 Å². The van der Waals surface area contributed by atoms with Crippen LogP contribution in [0.25, 0.3) is 11.1 Å². The summed E-state index contributed by atoms with van der Waals surface area (Å²) < 4.78 is 19.3. The molecular formula is C18H22FNO. The Morgan fingerprint density at radius 2 is 1.86 bits per heavy atom. The molecule has 3 heteroatoms. The van der Waals surface area contributed by atoms with Crippen LogP contribution in [-0.2, 0) is 6.54 Å². The third-order valence-electron chi connectivity index (χ3n) is 3.29. The summed E-state index contributed by atoms with van der Waals surface area (Å²) in [5.74, 6) is 0.567. The molecule has 112 valence electrons. The van der Waals surface area contributed by atoms with E-state index in [2.05, 4.69) is 12.2 Å². The van der Waals surface area contributed by atoms with E-state index in [0.29, 0.717) is 6.61 Å². The van der Waals surface area contributed by atoms with Crippen LogP contribution < -0.4 is 10.1 Å². The molecular weight excluding hydrogens is 265 g/mol. The lowest BCUT2D eigenvalue weighted by atomic mass is 9.98. The van der Waals surface area contributed by atoms with Crippen molar-refractivity contribution in [2.75, 3.05) is 13.2 Å². The molecule has 0 aliphatic heterocycles. The first kappa shape index (κ1) is 15.5. The Labute approximate surface area is 126 Å². The molecule has 0 bridgehead atoms. The molecule has 0 atom stereocenters. The van der Waals surface area contributed by atoms with Gasteiger partial charge in [0, 0.05) is 12.1 Å². The molecule has 2 nitrogen and oxygen atoms in total. The lowest BCUT2D eigenvalue weighted by Gasteiger charge is -2.14. The topological polar surface area (TPSA) is 21.3 Å². The maximum atomic E-state index is 13.7. The Balaban J connectivity index is 2.39. The van der Waals surface area contributed by atoms with Crippen LogP contribution in [0.15, 0.2) is 42.5 Å². The van der Waals surface area contributed by atoms with Gasteiger partial charge in [-0.15, -0.1) is 0 Å². The summed E-state index contributed by atoms with van der Waals surface area (Å²) in [6.45, 7) is 6.35. The van der Waals surface area contributed by atoms with Crippen molar-refractivity contribution in [1.82, 2.24) is 5.32 Å². The zero-order chi connectivity index (χ0) is 15.1. The minimum atomic E-state index is -0.226. The van der Waals surface area contributed by atoms with Gasteiger partial charge in [0.2, 0.25) is 0 Å². The number of nitrogens with one attached hydrogen (secondary N) is 1. The standard InChI is InChI=1S/C18H22FNO/c1-3-11-20-13-14-9-10-15(19)12-17(14)16-7-5-6-8-18(16)21-4-2/h5-10,12,20H,3-4,11,13H2,1-2H3. The molecule has 2 aromatic carbocycles. The minimum Gasteiger partial charge on any atom is -0.493 e. The molecule has 0 saturated carbocycles. The molecule has 0 aliphatic carbocycles. The molecule has 0 aromatic heterocycles. The van der Waals surface area contributed by atoms with Crippen molar-refractivity contribution in [3.63, 3.8) is 0 Å². The number of para-hydroxylation sites is 1. The van der Waals surface area contributed by atoms with E-state index in [1.54, 1.807) is 6.07 Å². The van der Waals surface area contributed by atoms with Gasteiger partial charge >= 0.3 is 0 Å². The Morgan fingerprint density at radius 1 is 1.05 bits per heavy atom. The molecule has 0 fully saturated rings. The van der Waals surface area contributed by atoms with Crippen LogP contribution in [0, 0.1) is 5.82 Å². The quantitative estimate of drug-likeness (QED) is 0.763. The maximum Gasteiger partial charge on any atom is 0.127 e. The highest BCUT2D eigenvalue weighted by atomic mass is 19.1. The Kier molecular flexibility index (Phi) is 5.76. The summed E-state index contributed by atoms with van der Waals surface area (Å²) in [6.07, 6.45) is 1.08. The van der Waals surface area contributed by atoms with Crippen LogP contribution in [0.1, 0.15) is 25.8 Å². The Morgan fingerprint density at radius 3 is 2.62 bits per heavy atom. The second kappa shape index (κ2) is 7.79. The van der Waals surface area contributed by atoms with E-state index >= 15 is 0 Å². The molecule has 0 amide bonds. The summed E-state index contributed by atoms with van der Waals surface area (Å²) in [4.78, 5) is 0. The van der Waals surface area contributed by atoms with Crippen molar-refractivity contribution < 1.29 is 9.13 Å². The fourth-order valence-electron chi connectivity index (χ4n) is 2.32. The number of ether oxygens (including phenoxy) is 1. The average molecular weight is 287 g/mol. The first-order chi connectivity index (χ1) is 10.3. The van der Waals surface area contributed by atoms with Crippen molar-refractivity contribution in [2.24, 2.45) is 0 Å². The number of benzene rings is 2. The van der Waals surface area contributed by atoms with Crippen molar-refractivity contribution in [2.45, 2.75) is 26.8 Å². The van der Waals surface area contributed by atoms with Crippen LogP contribution in [0.2, 0.25) is 0 Å². The lowest BCUT2D eigenvalue weighted by molar-refractivity contribution is 0.341. The van der Waals surface area contributed by atoms with Crippen molar-refractivity contribution >= 4 is 0 Å². The minimum absolute atomic E-state index is 0.226. The van der Waals surface area contributed by atoms with Crippen molar-refractivity contribution in [1.29, 1.82) is 0 Å². The van der Waals surface area contributed by atoms with Gasteiger partial charge in [-0.25, -0.2) is 4.39 Å². The van der Waals surface area contributed by atoms with Crippen LogP contribution in [0.3, 0.4) is 0 Å². The first-order valence-corrected chi connectivity index (χ1v) is 7.47. The van der Waals surface area contributed by atoms with Crippen LogP contribution in [0.5, 0.6) is 5.75 Å². The average Bonchev–Trinajstić information content (AvgIpc) is 2.50. The van der Waals surface area contributed by atoms with Crippen LogP contribution in [0.4, 0.5) is 4.39 Å². The van der Waals surface area contributed by atoms with E-state index in [9.17, 15) is 4.39 Å². The summed E-state index contributed by atoms with van der Waals surface area (Å²) >= 11 is 0. The third kappa shape index (κ3) is 4.05. The highest BCUT2D eigenvalue weighted by Crippen LogP contribution is 2.33. The summed E-state index contributed by atoms with van der Waals surface area (Å²) in [5, 5.41) is 3.37. The molecule has 2 rings (SSSR count). The van der Waals surface area contributed by atoms with E-state index in [0.717, 1.165) is 42.0 Å². The van der Waals surface area contributed by atoms with Gasteiger partial charge in [-0.2, -0.15) is 0 Å². The lowest BCUT2D eigenvalue weighted by Crippen LogP contribution is -2.14. The van der Waals surface area contributed by atoms with Gasteiger partial charge in [0.05, 0.1) is 6.61 Å². The van der Waals surface area contributed by atoms with E-state index in [1.165, 1.54) is 6.07 Å². The largest absolute Gasteiger partial charge is 0.493 e. The zero-order valence-corrected chi connectivity index (χ0v) is 12.7. The SMILES string of the molecule is CCCNCc1ccc(F)cc1-c1ccccc1OCC. The molecule has 0 aliphatic rings. The molecule has 0 heterocycles. The van der Waals surface area contributed by atoms with Gasteiger partial charge in [-0.1, -0.05) is 31.2 Å². The fraction of sp³-hybridized carbons (Fsp3) is 0.333. The van der Waals surface area contributed by atoms with Crippen molar-refractivity contribution in [3.05, 3.63) is 53.8 Å². The van der Waals surface area contributed by atoms with Gasteiger partial charge < -0.3 is 10.1 Å². The summed E-state index contributed by atoms with van der Waals surface area (Å²) in [5.41, 5.74) is 2.91. The van der Waals surface area contributed by atoms with Gasteiger partial charge in [-0.3, -0.25) is 0 Å². The zero-order valence-electron chi connectivity index (χ0n) is 12.7. The second-order valence-electron chi connectivity index (χ2n) is 4.91. The number of hydrogen-bond donors (Lipinski definition) is 1. The summed E-state index contributed by atoms with van der Waals surface area (Å²) in [6, 6.07) is 12.7. The van der Waals surface area contributed by atoms with Crippen molar-refractivity contribution in [3.8, 4) is 16.9 Å². The highest BCUT2D eigenvalue weighted by Gasteiger charge is 2.11. The van der Waals surface area contributed by atoms with E-state index < -0.39 is 0 Å². The summed E-state index contributed by atoms with van der Waals surface area (Å²) in [7, 11) is 0. The smallest absolute Gasteiger partial charge is 0.127 e. The molecule has 0 radical (unpaired) electrons. The maximum absolute atomic E-state index is 13.7. The molecule has 0 spiro atoms. The van der Waals surface area contributed by atoms with Gasteiger partial charge in [0.25, 0.3) is 0 Å². The first-order valence-electron chi connectivity index (χ1n) is 7.47. The molecule has 0 saturated heterocycles. The van der Waals surface area contributed by atoms with E-state index in [-0.39, 0.29) is 5.82 Å².